The molecule has 1 unspecified atom stereocenters. The Labute approximate surface area is 132 Å². The predicted molar refractivity (Wildman–Crippen MR) is 86.0 cm³/mol. The van der Waals surface area contributed by atoms with Crippen molar-refractivity contribution >= 4 is 17.4 Å². The Morgan fingerprint density at radius 2 is 1.95 bits per heavy atom. The molecule has 2 aliphatic rings. The molecule has 5 heteroatoms. The van der Waals surface area contributed by atoms with Gasteiger partial charge in [-0.25, -0.2) is 4.98 Å². The van der Waals surface area contributed by atoms with Crippen LogP contribution in [0.2, 0.25) is 5.02 Å². The van der Waals surface area contributed by atoms with E-state index in [9.17, 15) is 0 Å². The molecule has 0 bridgehead atoms. The average molecular weight is 310 g/mol. The first-order chi connectivity index (χ1) is 10.3. The van der Waals surface area contributed by atoms with E-state index in [1.54, 1.807) is 0 Å². The van der Waals surface area contributed by atoms with E-state index in [4.69, 9.17) is 16.3 Å². The molecule has 1 aromatic rings. The van der Waals surface area contributed by atoms with E-state index in [1.165, 1.54) is 12.8 Å². The summed E-state index contributed by atoms with van der Waals surface area (Å²) in [6.07, 6.45) is 4.25. The molecule has 116 valence electrons. The van der Waals surface area contributed by atoms with Crippen LogP contribution >= 0.6 is 11.6 Å². The maximum atomic E-state index is 6.25. The molecule has 21 heavy (non-hydrogen) atoms. The number of halogens is 1. The molecule has 2 saturated heterocycles. The molecule has 0 N–H and O–H groups in total. The van der Waals surface area contributed by atoms with Gasteiger partial charge in [0.05, 0.1) is 18.2 Å². The molecule has 2 aliphatic heterocycles. The summed E-state index contributed by atoms with van der Waals surface area (Å²) in [5, 5.41) is 0.761. The molecule has 0 aliphatic carbocycles. The maximum Gasteiger partial charge on any atom is 0.147 e. The van der Waals surface area contributed by atoms with Gasteiger partial charge >= 0.3 is 0 Å². The Bertz CT molecular complexity index is 457. The third kappa shape index (κ3) is 3.50. The third-order valence-electron chi connectivity index (χ3n) is 4.88. The average Bonchev–Trinajstić information content (AvgIpc) is 2.56. The zero-order valence-corrected chi connectivity index (χ0v) is 13.4. The minimum Gasteiger partial charge on any atom is -0.379 e. The normalized spacial score (nSPS) is 23.2. The van der Waals surface area contributed by atoms with Gasteiger partial charge in [0, 0.05) is 38.4 Å². The number of morpholine rings is 1. The van der Waals surface area contributed by atoms with Crippen molar-refractivity contribution in [2.45, 2.75) is 25.8 Å². The number of rotatable bonds is 3. The first kappa shape index (κ1) is 15.1. The number of hydrogen-bond donors (Lipinski definition) is 0. The lowest BCUT2D eigenvalue weighted by Crippen LogP contribution is -2.48. The highest BCUT2D eigenvalue weighted by Gasteiger charge is 2.29. The molecule has 0 amide bonds. The minimum absolute atomic E-state index is 0.648. The highest BCUT2D eigenvalue weighted by molar-refractivity contribution is 6.32. The maximum absolute atomic E-state index is 6.25. The van der Waals surface area contributed by atoms with Gasteiger partial charge < -0.3 is 9.64 Å². The van der Waals surface area contributed by atoms with Crippen molar-refractivity contribution in [2.75, 3.05) is 44.3 Å². The van der Waals surface area contributed by atoms with Crippen molar-refractivity contribution in [2.24, 2.45) is 5.92 Å². The van der Waals surface area contributed by atoms with Gasteiger partial charge in [-0.05, 0) is 37.8 Å². The van der Waals surface area contributed by atoms with Gasteiger partial charge in [0.2, 0.25) is 0 Å². The third-order valence-corrected chi connectivity index (χ3v) is 5.18. The first-order valence-corrected chi connectivity index (χ1v) is 8.31. The van der Waals surface area contributed by atoms with Crippen LogP contribution in [0.5, 0.6) is 0 Å². The van der Waals surface area contributed by atoms with Crippen LogP contribution < -0.4 is 4.90 Å². The second kappa shape index (κ2) is 6.95. The molecular weight excluding hydrogens is 286 g/mol. The van der Waals surface area contributed by atoms with E-state index in [1.807, 2.05) is 18.3 Å². The predicted octanol–water partition coefficient (Wildman–Crippen LogP) is 2.67. The fourth-order valence-electron chi connectivity index (χ4n) is 3.49. The Morgan fingerprint density at radius 3 is 2.62 bits per heavy atom. The molecule has 2 fully saturated rings. The molecule has 1 aromatic heterocycles. The van der Waals surface area contributed by atoms with Gasteiger partial charge in [0.25, 0.3) is 0 Å². The summed E-state index contributed by atoms with van der Waals surface area (Å²) in [5.74, 6) is 1.71. The molecule has 0 aromatic carbocycles. The summed E-state index contributed by atoms with van der Waals surface area (Å²) in [6, 6.07) is 4.46. The van der Waals surface area contributed by atoms with Gasteiger partial charge in [-0.3, -0.25) is 4.90 Å². The van der Waals surface area contributed by atoms with Gasteiger partial charge in [-0.1, -0.05) is 11.6 Å². The van der Waals surface area contributed by atoms with Crippen LogP contribution in [0.4, 0.5) is 5.82 Å². The minimum atomic E-state index is 0.648. The van der Waals surface area contributed by atoms with Gasteiger partial charge in [0.1, 0.15) is 5.82 Å². The molecule has 0 spiro atoms. The van der Waals surface area contributed by atoms with Crippen molar-refractivity contribution in [1.29, 1.82) is 0 Å². The Morgan fingerprint density at radius 1 is 1.24 bits per heavy atom. The van der Waals surface area contributed by atoms with Crippen LogP contribution in [0.1, 0.15) is 19.8 Å². The summed E-state index contributed by atoms with van der Waals surface area (Å²) in [7, 11) is 0. The topological polar surface area (TPSA) is 28.6 Å². The van der Waals surface area contributed by atoms with E-state index in [2.05, 4.69) is 21.7 Å². The Balaban J connectivity index is 1.56. The fraction of sp³-hybridized carbons (Fsp3) is 0.688. The second-order valence-electron chi connectivity index (χ2n) is 6.02. The molecule has 4 nitrogen and oxygen atoms in total. The van der Waals surface area contributed by atoms with Crippen LogP contribution in [-0.2, 0) is 4.74 Å². The molecular formula is C16H24ClN3O. The quantitative estimate of drug-likeness (QED) is 0.858. The number of anilines is 1. The lowest BCUT2D eigenvalue weighted by molar-refractivity contribution is 0.00448. The lowest BCUT2D eigenvalue weighted by atomic mass is 9.89. The van der Waals surface area contributed by atoms with Crippen LogP contribution in [0.3, 0.4) is 0 Å². The van der Waals surface area contributed by atoms with Gasteiger partial charge in [-0.2, -0.15) is 0 Å². The highest BCUT2D eigenvalue weighted by Crippen LogP contribution is 2.30. The summed E-state index contributed by atoms with van der Waals surface area (Å²) in [6.45, 7) is 8.39. The van der Waals surface area contributed by atoms with E-state index in [-0.39, 0.29) is 0 Å². The van der Waals surface area contributed by atoms with Crippen molar-refractivity contribution in [1.82, 2.24) is 9.88 Å². The smallest absolute Gasteiger partial charge is 0.147 e. The molecule has 0 radical (unpaired) electrons. The SMILES string of the molecule is CC(C1CCN(c2ncccc2Cl)CC1)N1CCOCC1. The zero-order valence-electron chi connectivity index (χ0n) is 12.7. The van der Waals surface area contributed by atoms with E-state index in [0.29, 0.717) is 6.04 Å². The fourth-order valence-corrected chi connectivity index (χ4v) is 3.73. The van der Waals surface area contributed by atoms with Crippen molar-refractivity contribution in [3.05, 3.63) is 23.4 Å². The molecule has 3 heterocycles. The lowest BCUT2D eigenvalue weighted by Gasteiger charge is -2.41. The number of nitrogens with zero attached hydrogens (tertiary/aromatic N) is 3. The standard InChI is InChI=1S/C16H24ClN3O/c1-13(19-9-11-21-12-10-19)14-4-7-20(8-5-14)16-15(17)3-2-6-18-16/h2-3,6,13-14H,4-5,7-12H2,1H3. The number of ether oxygens (including phenoxy) is 1. The van der Waals surface area contributed by atoms with Crippen LogP contribution in [0.25, 0.3) is 0 Å². The number of pyridine rings is 1. The summed E-state index contributed by atoms with van der Waals surface area (Å²) in [4.78, 5) is 9.33. The summed E-state index contributed by atoms with van der Waals surface area (Å²) >= 11 is 6.25. The summed E-state index contributed by atoms with van der Waals surface area (Å²) < 4.78 is 5.45. The van der Waals surface area contributed by atoms with Crippen molar-refractivity contribution in [3.63, 3.8) is 0 Å². The Kier molecular flexibility index (Phi) is 4.99. The first-order valence-electron chi connectivity index (χ1n) is 7.93. The van der Waals surface area contributed by atoms with Crippen LogP contribution in [-0.4, -0.2) is 55.3 Å². The molecule has 0 saturated carbocycles. The van der Waals surface area contributed by atoms with Crippen molar-refractivity contribution < 1.29 is 4.74 Å². The van der Waals surface area contributed by atoms with E-state index < -0.39 is 0 Å². The monoisotopic (exact) mass is 309 g/mol. The molecule has 3 rings (SSSR count). The number of hydrogen-bond acceptors (Lipinski definition) is 4. The number of aromatic nitrogens is 1. The van der Waals surface area contributed by atoms with Gasteiger partial charge in [-0.15, -0.1) is 0 Å². The Hall–Kier alpha value is -0.840. The number of piperidine rings is 1. The van der Waals surface area contributed by atoms with Crippen LogP contribution in [0.15, 0.2) is 18.3 Å². The zero-order chi connectivity index (χ0) is 14.7. The van der Waals surface area contributed by atoms with E-state index in [0.717, 1.165) is 56.2 Å². The molecule has 1 atom stereocenters. The van der Waals surface area contributed by atoms with E-state index >= 15 is 0 Å². The second-order valence-corrected chi connectivity index (χ2v) is 6.43. The van der Waals surface area contributed by atoms with Crippen LogP contribution in [0, 0.1) is 5.92 Å². The summed E-state index contributed by atoms with van der Waals surface area (Å²) in [5.41, 5.74) is 0. The largest absolute Gasteiger partial charge is 0.379 e. The van der Waals surface area contributed by atoms with Gasteiger partial charge in [0.15, 0.2) is 0 Å². The van der Waals surface area contributed by atoms with Crippen molar-refractivity contribution in [3.8, 4) is 0 Å². The highest BCUT2D eigenvalue weighted by atomic mass is 35.5.